The van der Waals surface area contributed by atoms with Crippen molar-refractivity contribution in [3.63, 3.8) is 0 Å². The molecular weight excluding hydrogens is 374 g/mol. The highest BCUT2D eigenvalue weighted by atomic mass is 35.5. The van der Waals surface area contributed by atoms with E-state index in [0.29, 0.717) is 37.7 Å². The number of rotatable bonds is 5. The van der Waals surface area contributed by atoms with Gasteiger partial charge < -0.3 is 20.5 Å². The summed E-state index contributed by atoms with van der Waals surface area (Å²) >= 11 is 1.40. The average molecular weight is 398 g/mol. The van der Waals surface area contributed by atoms with Gasteiger partial charge in [0.25, 0.3) is 0 Å². The number of hydrogen-bond acceptors (Lipinski definition) is 6. The van der Waals surface area contributed by atoms with Crippen LogP contribution >= 0.6 is 23.7 Å². The van der Waals surface area contributed by atoms with Crippen LogP contribution in [0, 0.1) is 12.3 Å². The molecule has 1 aromatic carbocycles. The maximum absolute atomic E-state index is 12.7. The third kappa shape index (κ3) is 4.17. The maximum atomic E-state index is 12.7. The summed E-state index contributed by atoms with van der Waals surface area (Å²) in [6.07, 6.45) is 1.28. The van der Waals surface area contributed by atoms with Crippen LogP contribution in [0.1, 0.15) is 18.4 Å². The van der Waals surface area contributed by atoms with Crippen molar-refractivity contribution >= 4 is 34.8 Å². The molecular formula is C18H24ClN3O3S. The Labute approximate surface area is 163 Å². The number of carbonyl (C=O) groups excluding carboxylic acids is 1. The van der Waals surface area contributed by atoms with E-state index in [-0.39, 0.29) is 18.3 Å². The summed E-state index contributed by atoms with van der Waals surface area (Å²) in [7, 11) is 1.64. The van der Waals surface area contributed by atoms with E-state index in [1.54, 1.807) is 7.11 Å². The van der Waals surface area contributed by atoms with Gasteiger partial charge in [0.1, 0.15) is 5.75 Å². The number of nitrogens with one attached hydrogen (secondary N) is 1. The number of benzene rings is 1. The normalized spacial score (nSPS) is 15.8. The van der Waals surface area contributed by atoms with Crippen molar-refractivity contribution in [2.45, 2.75) is 19.8 Å². The molecule has 142 valence electrons. The minimum absolute atomic E-state index is 0. The number of nitrogens with two attached hydrogens (primary N) is 1. The molecule has 0 bridgehead atoms. The van der Waals surface area contributed by atoms with Gasteiger partial charge in [0, 0.05) is 30.7 Å². The van der Waals surface area contributed by atoms with Gasteiger partial charge in [-0.2, -0.15) is 0 Å². The lowest BCUT2D eigenvalue weighted by atomic mass is 9.79. The second kappa shape index (κ2) is 8.81. The number of aromatic nitrogens is 1. The largest absolute Gasteiger partial charge is 0.496 e. The lowest BCUT2D eigenvalue weighted by Crippen LogP contribution is -2.46. The summed E-state index contributed by atoms with van der Waals surface area (Å²) in [4.78, 5) is 17.3. The van der Waals surface area contributed by atoms with Crippen LogP contribution in [0.15, 0.2) is 23.6 Å². The fourth-order valence-electron chi connectivity index (χ4n) is 2.99. The quantitative estimate of drug-likeness (QED) is 0.808. The molecule has 1 aliphatic heterocycles. The average Bonchev–Trinajstić information content (AvgIpc) is 3.10. The van der Waals surface area contributed by atoms with Crippen LogP contribution in [0.25, 0.3) is 11.3 Å². The van der Waals surface area contributed by atoms with Crippen molar-refractivity contribution in [2.75, 3.05) is 32.2 Å². The Morgan fingerprint density at radius 3 is 2.81 bits per heavy atom. The molecule has 2 heterocycles. The maximum Gasteiger partial charge on any atom is 0.233 e. The smallest absolute Gasteiger partial charge is 0.233 e. The highest BCUT2D eigenvalue weighted by molar-refractivity contribution is 7.14. The summed E-state index contributed by atoms with van der Waals surface area (Å²) in [5.41, 5.74) is 8.16. The Morgan fingerprint density at radius 2 is 2.15 bits per heavy atom. The second-order valence-electron chi connectivity index (χ2n) is 6.29. The molecule has 6 nitrogen and oxygen atoms in total. The fraction of sp³-hybridized carbons (Fsp3) is 0.444. The van der Waals surface area contributed by atoms with Crippen molar-refractivity contribution < 1.29 is 14.3 Å². The number of anilines is 1. The van der Waals surface area contributed by atoms with Crippen LogP contribution < -0.4 is 15.8 Å². The third-order valence-electron chi connectivity index (χ3n) is 4.68. The summed E-state index contributed by atoms with van der Waals surface area (Å²) < 4.78 is 10.8. The molecule has 26 heavy (non-hydrogen) atoms. The Balaban J connectivity index is 0.00000243. The summed E-state index contributed by atoms with van der Waals surface area (Å²) in [5.74, 6) is 0.687. The molecule has 2 aromatic rings. The van der Waals surface area contributed by atoms with E-state index in [9.17, 15) is 4.79 Å². The highest BCUT2D eigenvalue weighted by Crippen LogP contribution is 2.35. The van der Waals surface area contributed by atoms with E-state index in [1.807, 2.05) is 30.5 Å². The molecule has 3 rings (SSSR count). The zero-order valence-corrected chi connectivity index (χ0v) is 16.5. The number of halogens is 1. The van der Waals surface area contributed by atoms with Gasteiger partial charge in [0.05, 0.1) is 18.2 Å². The number of hydrogen-bond donors (Lipinski definition) is 2. The number of methoxy groups -OCH3 is 1. The topological polar surface area (TPSA) is 86.5 Å². The molecule has 1 saturated heterocycles. The van der Waals surface area contributed by atoms with E-state index in [0.717, 1.165) is 22.6 Å². The van der Waals surface area contributed by atoms with E-state index in [4.69, 9.17) is 15.2 Å². The molecule has 3 N–H and O–H groups in total. The van der Waals surface area contributed by atoms with Gasteiger partial charge in [0.15, 0.2) is 5.13 Å². The zero-order valence-electron chi connectivity index (χ0n) is 14.9. The first-order valence-corrected chi connectivity index (χ1v) is 9.16. The van der Waals surface area contributed by atoms with Crippen LogP contribution in [0.2, 0.25) is 0 Å². The van der Waals surface area contributed by atoms with Crippen molar-refractivity contribution in [3.8, 4) is 17.0 Å². The lowest BCUT2D eigenvalue weighted by molar-refractivity contribution is -0.130. The summed E-state index contributed by atoms with van der Waals surface area (Å²) in [6.45, 7) is 3.46. The van der Waals surface area contributed by atoms with E-state index < -0.39 is 5.41 Å². The van der Waals surface area contributed by atoms with Crippen molar-refractivity contribution in [1.29, 1.82) is 0 Å². The first-order chi connectivity index (χ1) is 12.1. The monoisotopic (exact) mass is 397 g/mol. The highest BCUT2D eigenvalue weighted by Gasteiger charge is 2.39. The van der Waals surface area contributed by atoms with Crippen LogP contribution in [-0.4, -0.2) is 37.8 Å². The molecule has 1 aromatic heterocycles. The van der Waals surface area contributed by atoms with E-state index >= 15 is 0 Å². The van der Waals surface area contributed by atoms with Gasteiger partial charge in [-0.1, -0.05) is 11.6 Å². The number of carbonyl (C=O) groups is 1. The number of nitrogens with zero attached hydrogens (tertiary/aromatic N) is 1. The van der Waals surface area contributed by atoms with Gasteiger partial charge in [-0.15, -0.1) is 23.7 Å². The number of thiazole rings is 1. The molecule has 0 radical (unpaired) electrons. The third-order valence-corrected chi connectivity index (χ3v) is 5.44. The number of ether oxygens (including phenoxy) is 2. The molecule has 1 fully saturated rings. The van der Waals surface area contributed by atoms with Gasteiger partial charge in [-0.05, 0) is 31.9 Å². The Bertz CT molecular complexity index is 760. The van der Waals surface area contributed by atoms with Gasteiger partial charge in [0.2, 0.25) is 5.91 Å². The van der Waals surface area contributed by atoms with Crippen LogP contribution in [0.4, 0.5) is 5.13 Å². The lowest BCUT2D eigenvalue weighted by Gasteiger charge is -2.34. The van der Waals surface area contributed by atoms with Gasteiger partial charge >= 0.3 is 0 Å². The van der Waals surface area contributed by atoms with Crippen LogP contribution in [-0.2, 0) is 9.53 Å². The van der Waals surface area contributed by atoms with Crippen molar-refractivity contribution in [3.05, 3.63) is 29.1 Å². The first-order valence-electron chi connectivity index (χ1n) is 8.28. The standard InChI is InChI=1S/C18H23N3O3S.ClH/c1-12-3-4-15(23-2)13(9-12)14-10-25-17(20-14)21-16(22)18(11-19)5-7-24-8-6-18;/h3-4,9-10H,5-8,11,19H2,1-2H3,(H,20,21,22);1H. The Kier molecular flexibility index (Phi) is 7.00. The van der Waals surface area contributed by atoms with Gasteiger partial charge in [-0.3, -0.25) is 4.79 Å². The summed E-state index contributed by atoms with van der Waals surface area (Å²) in [5, 5.41) is 5.43. The minimum Gasteiger partial charge on any atom is -0.496 e. The number of amides is 1. The Hall–Kier alpha value is -1.67. The minimum atomic E-state index is -0.564. The van der Waals surface area contributed by atoms with E-state index in [1.165, 1.54) is 11.3 Å². The van der Waals surface area contributed by atoms with Crippen molar-refractivity contribution in [2.24, 2.45) is 11.1 Å². The molecule has 0 unspecified atom stereocenters. The SMILES string of the molecule is COc1ccc(C)cc1-c1csc(NC(=O)C2(CN)CCOCC2)n1.Cl. The molecule has 0 spiro atoms. The predicted molar refractivity (Wildman–Crippen MR) is 106 cm³/mol. The number of aryl methyl sites for hydroxylation is 1. The molecule has 1 aliphatic rings. The molecule has 0 atom stereocenters. The zero-order chi connectivity index (χ0) is 17.9. The van der Waals surface area contributed by atoms with Crippen LogP contribution in [0.3, 0.4) is 0 Å². The fourth-order valence-corrected chi connectivity index (χ4v) is 3.70. The van der Waals surface area contributed by atoms with Crippen LogP contribution in [0.5, 0.6) is 5.75 Å². The Morgan fingerprint density at radius 1 is 1.42 bits per heavy atom. The van der Waals surface area contributed by atoms with E-state index in [2.05, 4.69) is 10.3 Å². The van der Waals surface area contributed by atoms with Gasteiger partial charge in [-0.25, -0.2) is 4.98 Å². The first kappa shape index (κ1) is 20.6. The van der Waals surface area contributed by atoms with Crippen molar-refractivity contribution in [1.82, 2.24) is 4.98 Å². The second-order valence-corrected chi connectivity index (χ2v) is 7.15. The molecule has 8 heteroatoms. The molecule has 0 aliphatic carbocycles. The molecule has 1 amide bonds. The molecule has 0 saturated carbocycles. The predicted octanol–water partition coefficient (Wildman–Crippen LogP) is 3.24. The summed E-state index contributed by atoms with van der Waals surface area (Å²) in [6, 6.07) is 5.95.